The first-order valence-electron chi connectivity index (χ1n) is 11.9. The van der Waals surface area contributed by atoms with Gasteiger partial charge in [0.1, 0.15) is 24.2 Å². The Morgan fingerprint density at radius 3 is 2.31 bits per heavy atom. The zero-order valence-corrected chi connectivity index (χ0v) is 22.8. The van der Waals surface area contributed by atoms with Crippen LogP contribution in [-0.4, -0.2) is 68.7 Å². The molecule has 0 aliphatic carbocycles. The summed E-state index contributed by atoms with van der Waals surface area (Å²) in [6.07, 6.45) is 1.70. The highest BCUT2D eigenvalue weighted by atomic mass is 31.2. The molecule has 0 bridgehead atoms. The number of rotatable bonds is 14. The summed E-state index contributed by atoms with van der Waals surface area (Å²) in [6, 6.07) is -0.875. The number of nitrogen functional groups attached to an aromatic ring is 1. The summed E-state index contributed by atoms with van der Waals surface area (Å²) in [5.74, 6) is -1.26. The van der Waals surface area contributed by atoms with Crippen molar-refractivity contribution in [3.63, 3.8) is 0 Å². The molecule has 14 heteroatoms. The number of carbonyl (C=O) groups excluding carboxylic acids is 2. The maximum absolute atomic E-state index is 13.8. The standard InChI is InChI=1S/C22H38N7O6P/c1-13(2)34-21(30)15(5)8-27-36(32,28-17(7)22(31)35-14(3)4)12-33-16(6)9-29-11-26-18-19(23)24-10-25-20(18)29/h10-11,13-17H,8-9,12H2,1-7H3,(H2,23,24,25)(H2,27,28,32)/t15-,16+,17-,36-/m0/s1. The van der Waals surface area contributed by atoms with Crippen molar-refractivity contribution in [2.45, 2.75) is 79.4 Å². The summed E-state index contributed by atoms with van der Waals surface area (Å²) < 4.78 is 31.9. The first kappa shape index (κ1) is 29.6. The first-order chi connectivity index (χ1) is 16.8. The Kier molecular flexibility index (Phi) is 10.8. The summed E-state index contributed by atoms with van der Waals surface area (Å²) in [6.45, 7) is 12.4. The van der Waals surface area contributed by atoms with Crippen LogP contribution in [0.1, 0.15) is 48.5 Å². The molecule has 2 aromatic heterocycles. The van der Waals surface area contributed by atoms with Crippen molar-refractivity contribution in [3.8, 4) is 0 Å². The molecule has 2 heterocycles. The van der Waals surface area contributed by atoms with Gasteiger partial charge in [0.15, 0.2) is 11.5 Å². The van der Waals surface area contributed by atoms with Gasteiger partial charge in [0.05, 0.1) is 37.1 Å². The number of imidazole rings is 1. The maximum Gasteiger partial charge on any atom is 0.323 e. The van der Waals surface area contributed by atoms with Gasteiger partial charge in [-0.2, -0.15) is 0 Å². The Labute approximate surface area is 211 Å². The van der Waals surface area contributed by atoms with Gasteiger partial charge in [-0.25, -0.2) is 20.0 Å². The smallest absolute Gasteiger partial charge is 0.323 e. The van der Waals surface area contributed by atoms with E-state index in [-0.39, 0.29) is 30.9 Å². The lowest BCUT2D eigenvalue weighted by molar-refractivity contribution is -0.151. The second-order valence-corrected chi connectivity index (χ2v) is 11.6. The van der Waals surface area contributed by atoms with Gasteiger partial charge in [-0.1, -0.05) is 6.92 Å². The maximum atomic E-state index is 13.8. The van der Waals surface area contributed by atoms with Gasteiger partial charge < -0.3 is 24.5 Å². The number of nitrogens with two attached hydrogens (primary N) is 1. The molecule has 2 aromatic rings. The fourth-order valence-corrected chi connectivity index (χ4v) is 5.16. The normalized spacial score (nSPS) is 16.0. The molecule has 0 amide bonds. The Balaban J connectivity index is 2.08. The number of carbonyl (C=O) groups is 2. The number of esters is 2. The van der Waals surface area contributed by atoms with Gasteiger partial charge >= 0.3 is 11.9 Å². The van der Waals surface area contributed by atoms with Gasteiger partial charge in [0.25, 0.3) is 0 Å². The molecular formula is C22H38N7O6P. The molecule has 0 saturated heterocycles. The fraction of sp³-hybridized carbons (Fsp3) is 0.682. The molecule has 0 radical (unpaired) electrons. The molecule has 0 fully saturated rings. The van der Waals surface area contributed by atoms with Crippen LogP contribution in [0.3, 0.4) is 0 Å². The van der Waals surface area contributed by atoms with E-state index in [9.17, 15) is 14.2 Å². The van der Waals surface area contributed by atoms with Gasteiger partial charge in [-0.3, -0.25) is 19.2 Å². The molecule has 0 saturated carbocycles. The first-order valence-corrected chi connectivity index (χ1v) is 13.8. The molecule has 0 spiro atoms. The lowest BCUT2D eigenvalue weighted by Crippen LogP contribution is -2.40. The lowest BCUT2D eigenvalue weighted by Gasteiger charge is -2.27. The summed E-state index contributed by atoms with van der Waals surface area (Å²) in [4.78, 5) is 36.9. The third-order valence-corrected chi connectivity index (χ3v) is 6.95. The zero-order valence-electron chi connectivity index (χ0n) is 21.9. The van der Waals surface area contributed by atoms with Crippen LogP contribution in [0.15, 0.2) is 12.7 Å². The van der Waals surface area contributed by atoms with Crippen molar-refractivity contribution in [3.05, 3.63) is 12.7 Å². The van der Waals surface area contributed by atoms with Crippen molar-refractivity contribution in [1.82, 2.24) is 29.7 Å². The number of nitrogens with one attached hydrogen (secondary N) is 2. The van der Waals surface area contributed by atoms with Crippen molar-refractivity contribution >= 4 is 36.4 Å². The van der Waals surface area contributed by atoms with E-state index in [1.165, 1.54) is 6.33 Å². The molecule has 0 unspecified atom stereocenters. The second-order valence-electron chi connectivity index (χ2n) is 9.26. The van der Waals surface area contributed by atoms with Crippen LogP contribution in [0, 0.1) is 5.92 Å². The molecule has 0 aliphatic heterocycles. The minimum Gasteiger partial charge on any atom is -0.463 e. The van der Waals surface area contributed by atoms with E-state index in [0.29, 0.717) is 17.7 Å². The van der Waals surface area contributed by atoms with Crippen molar-refractivity contribution in [2.24, 2.45) is 5.92 Å². The minimum absolute atomic E-state index is 0.0574. The average Bonchev–Trinajstić information content (AvgIpc) is 3.19. The molecule has 0 aliphatic rings. The average molecular weight is 528 g/mol. The highest BCUT2D eigenvalue weighted by Gasteiger charge is 2.31. The van der Waals surface area contributed by atoms with Gasteiger partial charge in [0, 0.05) is 6.54 Å². The minimum atomic E-state index is -3.50. The fourth-order valence-electron chi connectivity index (χ4n) is 3.14. The Morgan fingerprint density at radius 1 is 1.03 bits per heavy atom. The van der Waals surface area contributed by atoms with Gasteiger partial charge in [-0.05, 0) is 41.5 Å². The monoisotopic (exact) mass is 527 g/mol. The summed E-state index contributed by atoms with van der Waals surface area (Å²) >= 11 is 0. The van der Waals surface area contributed by atoms with Gasteiger partial charge in [0.2, 0.25) is 7.44 Å². The van der Waals surface area contributed by atoms with Crippen LogP contribution in [0.5, 0.6) is 0 Å². The molecule has 2 rings (SSSR count). The third kappa shape index (κ3) is 8.81. The van der Waals surface area contributed by atoms with Crippen LogP contribution in [0.25, 0.3) is 11.2 Å². The Morgan fingerprint density at radius 2 is 1.67 bits per heavy atom. The number of fused-ring (bicyclic) bond motifs is 1. The molecule has 36 heavy (non-hydrogen) atoms. The van der Waals surface area contributed by atoms with E-state index in [2.05, 4.69) is 25.1 Å². The van der Waals surface area contributed by atoms with E-state index in [4.69, 9.17) is 19.9 Å². The highest BCUT2D eigenvalue weighted by molar-refractivity contribution is 7.59. The zero-order chi connectivity index (χ0) is 27.0. The number of nitrogens with zero attached hydrogens (tertiary/aromatic N) is 4. The number of hydrogen-bond donors (Lipinski definition) is 3. The second kappa shape index (κ2) is 13.1. The van der Waals surface area contributed by atoms with Crippen LogP contribution < -0.4 is 15.9 Å². The largest absolute Gasteiger partial charge is 0.463 e. The van der Waals surface area contributed by atoms with Crippen molar-refractivity contribution < 1.29 is 28.4 Å². The van der Waals surface area contributed by atoms with E-state index in [1.54, 1.807) is 59.4 Å². The lowest BCUT2D eigenvalue weighted by atomic mass is 10.2. The van der Waals surface area contributed by atoms with Crippen LogP contribution in [0.4, 0.5) is 5.82 Å². The van der Waals surface area contributed by atoms with Crippen molar-refractivity contribution in [1.29, 1.82) is 0 Å². The van der Waals surface area contributed by atoms with Crippen LogP contribution in [-0.2, 0) is 34.9 Å². The predicted octanol–water partition coefficient (Wildman–Crippen LogP) is 2.07. The topological polar surface area (TPSA) is 173 Å². The summed E-state index contributed by atoms with van der Waals surface area (Å²) in [5.41, 5.74) is 6.88. The summed E-state index contributed by atoms with van der Waals surface area (Å²) in [7, 11) is -3.50. The molecule has 4 N–H and O–H groups in total. The number of ether oxygens (including phenoxy) is 3. The quantitative estimate of drug-likeness (QED) is 0.241. The van der Waals surface area contributed by atoms with E-state index in [0.717, 1.165) is 0 Å². The van der Waals surface area contributed by atoms with Gasteiger partial charge in [-0.15, -0.1) is 0 Å². The van der Waals surface area contributed by atoms with E-state index < -0.39 is 37.4 Å². The molecule has 4 atom stereocenters. The van der Waals surface area contributed by atoms with E-state index >= 15 is 0 Å². The molecular weight excluding hydrogens is 489 g/mol. The molecule has 13 nitrogen and oxygen atoms in total. The predicted molar refractivity (Wildman–Crippen MR) is 135 cm³/mol. The van der Waals surface area contributed by atoms with E-state index in [1.807, 2.05) is 0 Å². The van der Waals surface area contributed by atoms with Crippen LogP contribution in [0.2, 0.25) is 0 Å². The number of hydrogen-bond acceptors (Lipinski definition) is 10. The Bertz CT molecular complexity index is 1080. The highest BCUT2D eigenvalue weighted by Crippen LogP contribution is 2.37. The van der Waals surface area contributed by atoms with Crippen LogP contribution >= 0.6 is 7.44 Å². The SMILES string of the molecule is CC(C)OC(=O)[C@H](C)N[P@](=O)(CO[C@H](C)Cn1cnc2c(N)ncnc21)NC[C@H](C)C(=O)OC(C)C. The molecule has 0 aromatic carbocycles. The third-order valence-electron chi connectivity index (χ3n) is 4.94. The number of aromatic nitrogens is 4. The number of anilines is 1. The molecule has 202 valence electrons. The Hall–Kier alpha value is -2.60. The van der Waals surface area contributed by atoms with Crippen molar-refractivity contribution in [2.75, 3.05) is 18.6 Å². The summed E-state index contributed by atoms with van der Waals surface area (Å²) in [5, 5.41) is 5.72.